The average molecular weight is 381 g/mol. The summed E-state index contributed by atoms with van der Waals surface area (Å²) in [6, 6.07) is 0. The summed E-state index contributed by atoms with van der Waals surface area (Å²) < 4.78 is 26.2. The Bertz CT molecular complexity index is 559. The van der Waals surface area contributed by atoms with Crippen molar-refractivity contribution in [2.24, 2.45) is 5.73 Å². The number of ketones is 2. The van der Waals surface area contributed by atoms with Crippen LogP contribution in [0.1, 0.15) is 6.92 Å². The molecule has 136 valence electrons. The summed E-state index contributed by atoms with van der Waals surface area (Å²) in [5, 5.41) is 33.5. The van der Waals surface area contributed by atoms with Crippen LogP contribution < -0.4 is 5.73 Å². The standard InChI is InChI=1S/C8H17NO12P2/c1-3(11)6(14)8(9,7(15)5(13)4(12)2-10)22(16,17)21-23(18,19)20/h4-5,7,10,12-13,15H,2,9H2,1H3,(H,16,17)(H2,18,19,20)/t4-,5-,7+,8-/m1/s1. The maximum absolute atomic E-state index is 12.0. The highest BCUT2D eigenvalue weighted by molar-refractivity contribution is 7.65. The van der Waals surface area contributed by atoms with Crippen molar-refractivity contribution >= 4 is 27.0 Å². The van der Waals surface area contributed by atoms with Gasteiger partial charge in [0.15, 0.2) is 5.78 Å². The Morgan fingerprint density at radius 3 is 1.91 bits per heavy atom. The topological polar surface area (TPSA) is 245 Å². The number of Topliss-reactive ketones (excluding diaryl/α,β-unsaturated/α-hetero) is 2. The second-order valence-electron chi connectivity index (χ2n) is 4.49. The number of aliphatic hydroxyl groups excluding tert-OH is 4. The highest BCUT2D eigenvalue weighted by atomic mass is 31.3. The molecule has 5 atom stereocenters. The van der Waals surface area contributed by atoms with Crippen molar-refractivity contribution in [1.29, 1.82) is 0 Å². The fourth-order valence-corrected chi connectivity index (χ4v) is 4.10. The quantitative estimate of drug-likeness (QED) is 0.141. The zero-order valence-electron chi connectivity index (χ0n) is 11.6. The molecular formula is C8H17NO12P2. The Balaban J connectivity index is 6.15. The Morgan fingerprint density at radius 2 is 1.61 bits per heavy atom. The fraction of sp³-hybridized carbons (Fsp3) is 0.750. The highest BCUT2D eigenvalue weighted by Gasteiger charge is 2.62. The van der Waals surface area contributed by atoms with Gasteiger partial charge in [-0.3, -0.25) is 14.2 Å². The molecule has 0 aliphatic heterocycles. The first kappa shape index (κ1) is 22.4. The summed E-state index contributed by atoms with van der Waals surface area (Å²) >= 11 is 0. The second-order valence-corrected chi connectivity index (χ2v) is 7.90. The van der Waals surface area contributed by atoms with Gasteiger partial charge in [-0.25, -0.2) is 8.88 Å². The molecule has 1 unspecified atom stereocenters. The van der Waals surface area contributed by atoms with Gasteiger partial charge >= 0.3 is 15.4 Å². The number of nitrogens with two attached hydrogens (primary N) is 1. The minimum absolute atomic E-state index is 0.559. The molecule has 0 amide bonds. The molecule has 0 fully saturated rings. The molecule has 0 rings (SSSR count). The normalized spacial score (nSPS) is 21.6. The summed E-state index contributed by atoms with van der Waals surface area (Å²) in [6.45, 7) is -0.624. The van der Waals surface area contributed by atoms with E-state index in [1.807, 2.05) is 0 Å². The smallest absolute Gasteiger partial charge is 0.394 e. The number of carbonyl (C=O) groups is 2. The number of aliphatic hydroxyl groups is 4. The van der Waals surface area contributed by atoms with Crippen molar-refractivity contribution in [2.45, 2.75) is 30.5 Å². The largest absolute Gasteiger partial charge is 0.476 e. The molecular weight excluding hydrogens is 364 g/mol. The summed E-state index contributed by atoms with van der Waals surface area (Å²) in [5.41, 5.74) is 5.21. The number of hydrogen-bond acceptors (Lipinski definition) is 10. The van der Waals surface area contributed by atoms with E-state index in [0.29, 0.717) is 6.92 Å². The van der Waals surface area contributed by atoms with Gasteiger partial charge in [0.25, 0.3) is 0 Å². The van der Waals surface area contributed by atoms with E-state index < -0.39 is 57.2 Å². The lowest BCUT2D eigenvalue weighted by Gasteiger charge is -2.37. The third-order valence-corrected chi connectivity index (χ3v) is 5.86. The van der Waals surface area contributed by atoms with E-state index in [-0.39, 0.29) is 0 Å². The Hall–Kier alpha value is -0.560. The van der Waals surface area contributed by atoms with Gasteiger partial charge in [0.2, 0.25) is 11.1 Å². The minimum atomic E-state index is -5.96. The first-order valence-electron chi connectivity index (χ1n) is 5.71. The molecule has 0 aromatic heterocycles. The predicted molar refractivity (Wildman–Crippen MR) is 70.7 cm³/mol. The van der Waals surface area contributed by atoms with Crippen LogP contribution in [0.3, 0.4) is 0 Å². The number of phosphoric acid groups is 1. The Kier molecular flexibility index (Phi) is 7.37. The van der Waals surface area contributed by atoms with Crippen molar-refractivity contribution in [3.63, 3.8) is 0 Å². The zero-order valence-corrected chi connectivity index (χ0v) is 13.4. The van der Waals surface area contributed by atoms with Gasteiger partial charge in [0.05, 0.1) is 6.61 Å². The lowest BCUT2D eigenvalue weighted by Crippen LogP contribution is -2.64. The molecule has 23 heavy (non-hydrogen) atoms. The number of rotatable bonds is 9. The van der Waals surface area contributed by atoms with Crippen LogP contribution in [0.4, 0.5) is 0 Å². The molecule has 0 aromatic carbocycles. The van der Waals surface area contributed by atoms with Gasteiger partial charge in [-0.1, -0.05) is 0 Å². The maximum atomic E-state index is 12.0. The van der Waals surface area contributed by atoms with Crippen LogP contribution in [0, 0.1) is 0 Å². The van der Waals surface area contributed by atoms with Crippen molar-refractivity contribution in [3.05, 3.63) is 0 Å². The van der Waals surface area contributed by atoms with Crippen LogP contribution in [0.15, 0.2) is 0 Å². The van der Waals surface area contributed by atoms with Crippen LogP contribution in [-0.4, -0.2) is 76.9 Å². The van der Waals surface area contributed by atoms with Crippen molar-refractivity contribution < 1.29 is 58.1 Å². The van der Waals surface area contributed by atoms with E-state index >= 15 is 0 Å². The van der Waals surface area contributed by atoms with E-state index in [4.69, 9.17) is 20.6 Å². The van der Waals surface area contributed by atoms with Crippen LogP contribution in [0.25, 0.3) is 0 Å². The SMILES string of the molecule is CC(=O)C(=O)[C@](N)([C@@H](O)[C@H](O)[C@H](O)CO)P(=O)(O)OP(=O)(O)O. The molecule has 0 aromatic rings. The lowest BCUT2D eigenvalue weighted by molar-refractivity contribution is -0.144. The van der Waals surface area contributed by atoms with Gasteiger partial charge in [-0.2, -0.15) is 0 Å². The molecule has 0 saturated heterocycles. The molecule has 0 aliphatic rings. The number of carbonyl (C=O) groups excluding carboxylic acids is 2. The van der Waals surface area contributed by atoms with E-state index in [9.17, 15) is 38.9 Å². The van der Waals surface area contributed by atoms with Crippen LogP contribution in [-0.2, 0) is 23.0 Å². The molecule has 0 spiro atoms. The fourth-order valence-electron chi connectivity index (χ4n) is 1.50. The first-order chi connectivity index (χ1) is 10.1. The van der Waals surface area contributed by atoms with Crippen molar-refractivity contribution in [3.8, 4) is 0 Å². The van der Waals surface area contributed by atoms with Gasteiger partial charge in [-0.05, 0) is 0 Å². The third kappa shape index (κ3) is 4.95. The molecule has 0 radical (unpaired) electrons. The minimum Gasteiger partial charge on any atom is -0.394 e. The van der Waals surface area contributed by atoms with Crippen molar-refractivity contribution in [1.82, 2.24) is 0 Å². The summed E-state index contributed by atoms with van der Waals surface area (Å²) in [7, 11) is -11.7. The molecule has 9 N–H and O–H groups in total. The van der Waals surface area contributed by atoms with Crippen LogP contribution in [0.2, 0.25) is 0 Å². The summed E-state index contributed by atoms with van der Waals surface area (Å²) in [4.78, 5) is 49.7. The molecule has 13 nitrogen and oxygen atoms in total. The Morgan fingerprint density at radius 1 is 1.17 bits per heavy atom. The Labute approximate surface area is 129 Å². The highest BCUT2D eigenvalue weighted by Crippen LogP contribution is 2.64. The maximum Gasteiger partial charge on any atom is 0.476 e. The first-order valence-corrected chi connectivity index (χ1v) is 8.81. The lowest BCUT2D eigenvalue weighted by atomic mass is 9.96. The van der Waals surface area contributed by atoms with Gasteiger partial charge in [0.1, 0.15) is 18.3 Å². The second kappa shape index (κ2) is 7.55. The van der Waals surface area contributed by atoms with Crippen molar-refractivity contribution in [2.75, 3.05) is 6.61 Å². The van der Waals surface area contributed by atoms with Crippen LogP contribution >= 0.6 is 15.4 Å². The molecule has 0 heterocycles. The van der Waals surface area contributed by atoms with Gasteiger partial charge in [-0.15, -0.1) is 0 Å². The summed E-state index contributed by atoms with van der Waals surface area (Å²) in [5.74, 6) is -3.52. The molecule has 0 saturated carbocycles. The predicted octanol–water partition coefficient (Wildman–Crippen LogP) is -3.83. The molecule has 15 heteroatoms. The van der Waals surface area contributed by atoms with E-state index in [2.05, 4.69) is 4.31 Å². The summed E-state index contributed by atoms with van der Waals surface area (Å²) in [6.07, 6.45) is -7.60. The third-order valence-electron chi connectivity index (χ3n) is 2.72. The van der Waals surface area contributed by atoms with E-state index in [1.165, 1.54) is 0 Å². The molecule has 0 bridgehead atoms. The van der Waals surface area contributed by atoms with E-state index in [1.54, 1.807) is 0 Å². The number of hydrogen-bond donors (Lipinski definition) is 8. The zero-order chi connectivity index (χ0) is 18.8. The monoisotopic (exact) mass is 381 g/mol. The van der Waals surface area contributed by atoms with Gasteiger partial charge < -0.3 is 40.8 Å². The van der Waals surface area contributed by atoms with Gasteiger partial charge in [0, 0.05) is 6.92 Å². The average Bonchev–Trinajstić information content (AvgIpc) is 2.39. The van der Waals surface area contributed by atoms with Crippen LogP contribution in [0.5, 0.6) is 0 Å². The van der Waals surface area contributed by atoms with E-state index in [0.717, 1.165) is 0 Å². The molecule has 0 aliphatic carbocycles.